The van der Waals surface area contributed by atoms with E-state index in [4.69, 9.17) is 4.74 Å². The number of benzene rings is 2. The lowest BCUT2D eigenvalue weighted by Gasteiger charge is -2.24. The number of rotatable bonds is 3. The number of nitrogens with one attached hydrogen (secondary N) is 3. The predicted octanol–water partition coefficient (Wildman–Crippen LogP) is 2.46. The summed E-state index contributed by atoms with van der Waals surface area (Å²) in [7, 11) is 1.66. The van der Waals surface area contributed by atoms with Crippen LogP contribution in [0.5, 0.6) is 5.75 Å². The standard InChI is InChI=1S/C18H18BrN3O2/c1-24-13-7-5-10(6-8-13)16-14-15(11-3-2-4-12(19)9-11)20-18(23)17(14)22-21-16/h2-9,14-17,21-22H,1H3,(H,20,23). The van der Waals surface area contributed by atoms with E-state index in [1.54, 1.807) is 7.11 Å². The molecule has 2 aromatic rings. The quantitative estimate of drug-likeness (QED) is 0.756. The van der Waals surface area contributed by atoms with Crippen molar-refractivity contribution in [3.8, 4) is 5.75 Å². The van der Waals surface area contributed by atoms with Crippen molar-refractivity contribution in [3.05, 3.63) is 64.1 Å². The van der Waals surface area contributed by atoms with Gasteiger partial charge in [-0.05, 0) is 35.4 Å². The molecule has 1 amide bonds. The highest BCUT2D eigenvalue weighted by Crippen LogP contribution is 2.42. The second kappa shape index (κ2) is 6.20. The zero-order valence-corrected chi connectivity index (χ0v) is 14.7. The lowest BCUT2D eigenvalue weighted by molar-refractivity contribution is -0.121. The molecule has 24 heavy (non-hydrogen) atoms. The number of carbonyl (C=O) groups excluding carboxylic acids is 1. The number of methoxy groups -OCH3 is 1. The van der Waals surface area contributed by atoms with Gasteiger partial charge in [0.25, 0.3) is 0 Å². The Morgan fingerprint density at radius 1 is 0.958 bits per heavy atom. The van der Waals surface area contributed by atoms with Gasteiger partial charge in [0.2, 0.25) is 5.91 Å². The van der Waals surface area contributed by atoms with Crippen LogP contribution >= 0.6 is 15.9 Å². The SMILES string of the molecule is COc1ccc(C2NNC3C(=O)NC(c4cccc(Br)c4)C32)cc1. The summed E-state index contributed by atoms with van der Waals surface area (Å²) >= 11 is 3.52. The summed E-state index contributed by atoms with van der Waals surface area (Å²) in [4.78, 5) is 12.4. The van der Waals surface area contributed by atoms with Crippen molar-refractivity contribution in [1.82, 2.24) is 16.2 Å². The summed E-state index contributed by atoms with van der Waals surface area (Å²) < 4.78 is 6.24. The van der Waals surface area contributed by atoms with Gasteiger partial charge in [-0.25, -0.2) is 10.9 Å². The Morgan fingerprint density at radius 3 is 2.42 bits per heavy atom. The third-order valence-corrected chi connectivity index (χ3v) is 5.31. The lowest BCUT2D eigenvalue weighted by atomic mass is 9.84. The maximum atomic E-state index is 12.4. The van der Waals surface area contributed by atoms with Gasteiger partial charge >= 0.3 is 0 Å². The van der Waals surface area contributed by atoms with Crippen molar-refractivity contribution in [2.75, 3.05) is 7.11 Å². The summed E-state index contributed by atoms with van der Waals surface area (Å²) in [5.74, 6) is 0.958. The van der Waals surface area contributed by atoms with Crippen molar-refractivity contribution in [2.24, 2.45) is 5.92 Å². The molecule has 0 bridgehead atoms. The normalized spacial score (nSPS) is 28.5. The van der Waals surface area contributed by atoms with Crippen LogP contribution in [0.4, 0.5) is 0 Å². The first-order valence-corrected chi connectivity index (χ1v) is 8.67. The number of fused-ring (bicyclic) bond motifs is 1. The van der Waals surface area contributed by atoms with E-state index in [1.165, 1.54) is 0 Å². The fourth-order valence-electron chi connectivity index (χ4n) is 3.65. The van der Waals surface area contributed by atoms with Crippen LogP contribution in [0.2, 0.25) is 0 Å². The van der Waals surface area contributed by atoms with E-state index >= 15 is 0 Å². The molecule has 5 nitrogen and oxygen atoms in total. The summed E-state index contributed by atoms with van der Waals surface area (Å²) in [5, 5.41) is 3.13. The van der Waals surface area contributed by atoms with E-state index in [0.717, 1.165) is 21.3 Å². The highest BCUT2D eigenvalue weighted by molar-refractivity contribution is 9.10. The lowest BCUT2D eigenvalue weighted by Crippen LogP contribution is -2.39. The van der Waals surface area contributed by atoms with Crippen molar-refractivity contribution >= 4 is 21.8 Å². The Morgan fingerprint density at radius 2 is 1.71 bits per heavy atom. The number of ether oxygens (including phenoxy) is 1. The molecule has 6 heteroatoms. The minimum Gasteiger partial charge on any atom is -0.497 e. The predicted molar refractivity (Wildman–Crippen MR) is 94.3 cm³/mol. The van der Waals surface area contributed by atoms with Crippen LogP contribution in [0, 0.1) is 5.92 Å². The first kappa shape index (κ1) is 15.6. The topological polar surface area (TPSA) is 62.4 Å². The van der Waals surface area contributed by atoms with Gasteiger partial charge in [-0.3, -0.25) is 4.79 Å². The van der Waals surface area contributed by atoms with Crippen molar-refractivity contribution in [1.29, 1.82) is 0 Å². The molecular formula is C18H18BrN3O2. The van der Waals surface area contributed by atoms with Gasteiger partial charge in [-0.1, -0.05) is 40.2 Å². The highest BCUT2D eigenvalue weighted by Gasteiger charge is 2.51. The Hall–Kier alpha value is -1.89. The van der Waals surface area contributed by atoms with E-state index in [1.807, 2.05) is 36.4 Å². The van der Waals surface area contributed by atoms with Crippen molar-refractivity contribution in [2.45, 2.75) is 18.1 Å². The fourth-order valence-corrected chi connectivity index (χ4v) is 4.07. The first-order valence-electron chi connectivity index (χ1n) is 7.88. The van der Waals surface area contributed by atoms with E-state index in [9.17, 15) is 4.79 Å². The van der Waals surface area contributed by atoms with Gasteiger partial charge in [-0.2, -0.15) is 0 Å². The Balaban J connectivity index is 1.68. The monoisotopic (exact) mass is 387 g/mol. The van der Waals surface area contributed by atoms with E-state index < -0.39 is 0 Å². The Kier molecular flexibility index (Phi) is 4.04. The number of hydrogen-bond acceptors (Lipinski definition) is 4. The summed E-state index contributed by atoms with van der Waals surface area (Å²) in [6, 6.07) is 15.9. The Bertz CT molecular complexity index is 765. The van der Waals surface area contributed by atoms with Gasteiger partial charge in [0.05, 0.1) is 19.2 Å². The summed E-state index contributed by atoms with van der Waals surface area (Å²) in [6.07, 6.45) is 0. The molecule has 0 aromatic heterocycles. The molecule has 4 unspecified atom stereocenters. The van der Waals surface area contributed by atoms with E-state index in [-0.39, 0.29) is 30.0 Å². The number of hydrogen-bond donors (Lipinski definition) is 3. The van der Waals surface area contributed by atoms with Crippen LogP contribution in [-0.2, 0) is 4.79 Å². The van der Waals surface area contributed by atoms with Gasteiger partial charge in [-0.15, -0.1) is 0 Å². The van der Waals surface area contributed by atoms with Crippen LogP contribution in [0.25, 0.3) is 0 Å². The largest absolute Gasteiger partial charge is 0.497 e. The third kappa shape index (κ3) is 2.60. The molecule has 0 saturated carbocycles. The van der Waals surface area contributed by atoms with Crippen LogP contribution in [0.15, 0.2) is 53.0 Å². The zero-order valence-electron chi connectivity index (χ0n) is 13.1. The van der Waals surface area contributed by atoms with Crippen LogP contribution in [0.1, 0.15) is 23.2 Å². The van der Waals surface area contributed by atoms with Gasteiger partial charge in [0.15, 0.2) is 0 Å². The minimum absolute atomic E-state index is 0.0328. The number of halogens is 1. The molecule has 2 aromatic carbocycles. The second-order valence-electron chi connectivity index (χ2n) is 6.14. The molecule has 2 aliphatic rings. The molecular weight excluding hydrogens is 370 g/mol. The molecule has 2 aliphatic heterocycles. The van der Waals surface area contributed by atoms with E-state index in [2.05, 4.69) is 44.2 Å². The second-order valence-corrected chi connectivity index (χ2v) is 7.05. The zero-order chi connectivity index (χ0) is 16.7. The maximum Gasteiger partial charge on any atom is 0.239 e. The fraction of sp³-hybridized carbons (Fsp3) is 0.278. The number of carbonyl (C=O) groups is 1. The molecule has 2 saturated heterocycles. The highest BCUT2D eigenvalue weighted by atomic mass is 79.9. The van der Waals surface area contributed by atoms with Crippen molar-refractivity contribution in [3.63, 3.8) is 0 Å². The van der Waals surface area contributed by atoms with Crippen LogP contribution in [-0.4, -0.2) is 19.1 Å². The Labute approximate surface area is 148 Å². The van der Waals surface area contributed by atoms with Gasteiger partial charge in [0.1, 0.15) is 11.8 Å². The van der Waals surface area contributed by atoms with Crippen LogP contribution in [0.3, 0.4) is 0 Å². The molecule has 0 spiro atoms. The number of hydrazine groups is 1. The molecule has 0 radical (unpaired) electrons. The molecule has 0 aliphatic carbocycles. The molecule has 2 heterocycles. The smallest absolute Gasteiger partial charge is 0.239 e. The minimum atomic E-state index is -0.235. The average Bonchev–Trinajstić information content (AvgIpc) is 3.17. The number of amides is 1. The average molecular weight is 388 g/mol. The van der Waals surface area contributed by atoms with Crippen molar-refractivity contribution < 1.29 is 9.53 Å². The molecule has 2 fully saturated rings. The van der Waals surface area contributed by atoms with Crippen LogP contribution < -0.4 is 20.9 Å². The van der Waals surface area contributed by atoms with Gasteiger partial charge in [0, 0.05) is 10.4 Å². The molecule has 4 atom stereocenters. The van der Waals surface area contributed by atoms with Gasteiger partial charge < -0.3 is 10.1 Å². The molecule has 3 N–H and O–H groups in total. The third-order valence-electron chi connectivity index (χ3n) is 4.81. The summed E-state index contributed by atoms with van der Waals surface area (Å²) in [6.45, 7) is 0. The summed E-state index contributed by atoms with van der Waals surface area (Å²) in [5.41, 5.74) is 8.69. The first-order chi connectivity index (χ1) is 11.7. The maximum absolute atomic E-state index is 12.4. The van der Waals surface area contributed by atoms with E-state index in [0.29, 0.717) is 0 Å². The molecule has 4 rings (SSSR count). The molecule has 124 valence electrons.